The van der Waals surface area contributed by atoms with E-state index in [4.69, 9.17) is 0 Å². The second-order valence-electron chi connectivity index (χ2n) is 4.85. The number of nitrogens with zero attached hydrogens (tertiary/aromatic N) is 1. The van der Waals surface area contributed by atoms with Gasteiger partial charge in [-0.1, -0.05) is 0 Å². The zero-order valence-corrected chi connectivity index (χ0v) is 11.0. The lowest BCUT2D eigenvalue weighted by atomic mass is 9.97. The number of hydrogen-bond acceptors (Lipinski definition) is 4. The van der Waals surface area contributed by atoms with Gasteiger partial charge in [-0.3, -0.25) is 9.59 Å². The number of carboxylic acids is 1. The molecule has 2 unspecified atom stereocenters. The average Bonchev–Trinajstić information content (AvgIpc) is 2.88. The van der Waals surface area contributed by atoms with Gasteiger partial charge in [-0.25, -0.2) is 4.79 Å². The zero-order chi connectivity index (χ0) is 13.3. The molecule has 0 aromatic heterocycles. The SMILES string of the molecule is CN1CC(C(=O)NC2(C(=O)O)CCSC2)CC1=O. The third-order valence-electron chi connectivity index (χ3n) is 3.51. The molecule has 2 heterocycles. The smallest absolute Gasteiger partial charge is 0.330 e. The van der Waals surface area contributed by atoms with Crippen molar-refractivity contribution in [3.63, 3.8) is 0 Å². The molecule has 0 spiro atoms. The number of amides is 2. The first kappa shape index (κ1) is 13.2. The molecule has 2 aliphatic rings. The molecule has 0 saturated carbocycles. The fourth-order valence-corrected chi connectivity index (χ4v) is 3.59. The van der Waals surface area contributed by atoms with Crippen molar-refractivity contribution in [2.45, 2.75) is 18.4 Å². The van der Waals surface area contributed by atoms with Crippen molar-refractivity contribution < 1.29 is 19.5 Å². The Morgan fingerprint density at radius 1 is 1.56 bits per heavy atom. The summed E-state index contributed by atoms with van der Waals surface area (Å²) in [5, 5.41) is 11.9. The van der Waals surface area contributed by atoms with E-state index in [1.54, 1.807) is 7.05 Å². The summed E-state index contributed by atoms with van der Waals surface area (Å²) < 4.78 is 0. The number of nitrogens with one attached hydrogen (secondary N) is 1. The summed E-state index contributed by atoms with van der Waals surface area (Å²) in [6, 6.07) is 0. The van der Waals surface area contributed by atoms with Crippen LogP contribution in [-0.2, 0) is 14.4 Å². The Bertz CT molecular complexity index is 393. The standard InChI is InChI=1S/C11H16N2O4S/c1-13-5-7(4-8(13)14)9(15)12-11(10(16)17)2-3-18-6-11/h7H,2-6H2,1H3,(H,12,15)(H,16,17). The third-order valence-corrected chi connectivity index (χ3v) is 4.70. The molecular formula is C11H16N2O4S. The summed E-state index contributed by atoms with van der Waals surface area (Å²) >= 11 is 1.52. The monoisotopic (exact) mass is 272 g/mol. The molecule has 0 radical (unpaired) electrons. The van der Waals surface area contributed by atoms with Crippen molar-refractivity contribution in [2.75, 3.05) is 25.1 Å². The van der Waals surface area contributed by atoms with Crippen molar-refractivity contribution in [1.82, 2.24) is 10.2 Å². The van der Waals surface area contributed by atoms with Gasteiger partial charge >= 0.3 is 5.97 Å². The Labute approximate surface area is 109 Å². The van der Waals surface area contributed by atoms with Crippen LogP contribution in [-0.4, -0.2) is 58.4 Å². The number of carboxylic acid groups (broad SMARTS) is 1. The van der Waals surface area contributed by atoms with Crippen LogP contribution in [0.25, 0.3) is 0 Å². The first-order chi connectivity index (χ1) is 8.44. The highest BCUT2D eigenvalue weighted by Gasteiger charge is 2.45. The number of carbonyl (C=O) groups excluding carboxylic acids is 2. The van der Waals surface area contributed by atoms with Crippen molar-refractivity contribution in [3.05, 3.63) is 0 Å². The highest BCUT2D eigenvalue weighted by atomic mass is 32.2. The molecule has 0 aromatic rings. The fraction of sp³-hybridized carbons (Fsp3) is 0.727. The predicted molar refractivity (Wildman–Crippen MR) is 66.2 cm³/mol. The first-order valence-electron chi connectivity index (χ1n) is 5.82. The summed E-state index contributed by atoms with van der Waals surface area (Å²) in [6.07, 6.45) is 0.612. The number of carbonyl (C=O) groups is 3. The average molecular weight is 272 g/mol. The van der Waals surface area contributed by atoms with Gasteiger partial charge < -0.3 is 15.3 Å². The van der Waals surface area contributed by atoms with Gasteiger partial charge in [-0.15, -0.1) is 0 Å². The van der Waals surface area contributed by atoms with Gasteiger partial charge in [-0.2, -0.15) is 11.8 Å². The maximum atomic E-state index is 12.0. The van der Waals surface area contributed by atoms with Crippen molar-refractivity contribution in [2.24, 2.45) is 5.92 Å². The molecule has 2 fully saturated rings. The van der Waals surface area contributed by atoms with E-state index in [2.05, 4.69) is 5.32 Å². The normalized spacial score (nSPS) is 31.7. The van der Waals surface area contributed by atoms with Crippen molar-refractivity contribution in [3.8, 4) is 0 Å². The second-order valence-corrected chi connectivity index (χ2v) is 5.96. The van der Waals surface area contributed by atoms with E-state index in [1.807, 2.05) is 0 Å². The highest BCUT2D eigenvalue weighted by molar-refractivity contribution is 7.99. The van der Waals surface area contributed by atoms with Crippen LogP contribution in [0.2, 0.25) is 0 Å². The Balaban J connectivity index is 2.02. The fourth-order valence-electron chi connectivity index (χ4n) is 2.26. The van der Waals surface area contributed by atoms with Crippen LogP contribution in [0.5, 0.6) is 0 Å². The number of hydrogen-bond donors (Lipinski definition) is 2. The molecule has 2 amide bonds. The molecular weight excluding hydrogens is 256 g/mol. The minimum Gasteiger partial charge on any atom is -0.479 e. The third kappa shape index (κ3) is 2.31. The lowest BCUT2D eigenvalue weighted by molar-refractivity contribution is -0.147. The van der Waals surface area contributed by atoms with Gasteiger partial charge in [0.1, 0.15) is 5.54 Å². The van der Waals surface area contributed by atoms with Crippen LogP contribution in [0, 0.1) is 5.92 Å². The molecule has 0 aromatic carbocycles. The molecule has 2 atom stereocenters. The first-order valence-corrected chi connectivity index (χ1v) is 6.97. The Morgan fingerprint density at radius 3 is 2.72 bits per heavy atom. The van der Waals surface area contributed by atoms with E-state index in [9.17, 15) is 19.5 Å². The molecule has 2 N–H and O–H groups in total. The van der Waals surface area contributed by atoms with Gasteiger partial charge in [0, 0.05) is 25.8 Å². The molecule has 2 aliphatic heterocycles. The van der Waals surface area contributed by atoms with Crippen LogP contribution in [0.4, 0.5) is 0 Å². The molecule has 18 heavy (non-hydrogen) atoms. The van der Waals surface area contributed by atoms with E-state index >= 15 is 0 Å². The Morgan fingerprint density at radius 2 is 2.28 bits per heavy atom. The van der Waals surface area contributed by atoms with Gasteiger partial charge in [0.05, 0.1) is 5.92 Å². The maximum Gasteiger partial charge on any atom is 0.330 e. The topological polar surface area (TPSA) is 86.7 Å². The van der Waals surface area contributed by atoms with E-state index in [0.29, 0.717) is 18.7 Å². The summed E-state index contributed by atoms with van der Waals surface area (Å²) in [5.41, 5.74) is -1.15. The van der Waals surface area contributed by atoms with Crippen LogP contribution in [0.15, 0.2) is 0 Å². The van der Waals surface area contributed by atoms with Gasteiger partial charge in [0.25, 0.3) is 0 Å². The van der Waals surface area contributed by atoms with Crippen molar-refractivity contribution in [1.29, 1.82) is 0 Å². The summed E-state index contributed by atoms with van der Waals surface area (Å²) in [6.45, 7) is 0.369. The van der Waals surface area contributed by atoms with Crippen LogP contribution in [0.1, 0.15) is 12.8 Å². The molecule has 2 saturated heterocycles. The van der Waals surface area contributed by atoms with Crippen LogP contribution >= 0.6 is 11.8 Å². The second kappa shape index (κ2) is 4.79. The van der Waals surface area contributed by atoms with E-state index in [-0.39, 0.29) is 18.2 Å². The summed E-state index contributed by atoms with van der Waals surface area (Å²) in [4.78, 5) is 36.2. The van der Waals surface area contributed by atoms with Crippen LogP contribution in [0.3, 0.4) is 0 Å². The quantitative estimate of drug-likeness (QED) is 0.726. The molecule has 100 valence electrons. The lowest BCUT2D eigenvalue weighted by Crippen LogP contribution is -2.56. The summed E-state index contributed by atoms with van der Waals surface area (Å²) in [5.74, 6) is -0.679. The lowest BCUT2D eigenvalue weighted by Gasteiger charge is -2.26. The molecule has 0 aliphatic carbocycles. The Hall–Kier alpha value is -1.24. The number of thioether (sulfide) groups is 1. The maximum absolute atomic E-state index is 12.0. The minimum absolute atomic E-state index is 0.0691. The number of aliphatic carboxylic acids is 1. The predicted octanol–water partition coefficient (Wildman–Crippen LogP) is -0.459. The minimum atomic E-state index is -1.15. The Kier molecular flexibility index (Phi) is 3.52. The van der Waals surface area contributed by atoms with Crippen LogP contribution < -0.4 is 5.32 Å². The molecule has 6 nitrogen and oxygen atoms in total. The molecule has 7 heteroatoms. The van der Waals surface area contributed by atoms with Gasteiger partial charge in [-0.05, 0) is 12.2 Å². The number of likely N-dealkylation sites (tertiary alicyclic amines) is 1. The number of rotatable bonds is 3. The molecule has 0 bridgehead atoms. The highest BCUT2D eigenvalue weighted by Crippen LogP contribution is 2.29. The summed E-state index contributed by atoms with van der Waals surface area (Å²) in [7, 11) is 1.65. The van der Waals surface area contributed by atoms with E-state index in [1.165, 1.54) is 16.7 Å². The van der Waals surface area contributed by atoms with Gasteiger partial charge in [0.2, 0.25) is 11.8 Å². The van der Waals surface area contributed by atoms with E-state index < -0.39 is 17.4 Å². The van der Waals surface area contributed by atoms with Gasteiger partial charge in [0.15, 0.2) is 0 Å². The van der Waals surface area contributed by atoms with Crippen molar-refractivity contribution >= 4 is 29.5 Å². The van der Waals surface area contributed by atoms with E-state index in [0.717, 1.165) is 5.75 Å². The zero-order valence-electron chi connectivity index (χ0n) is 10.1. The molecule has 2 rings (SSSR count). The largest absolute Gasteiger partial charge is 0.479 e.